The molecule has 2 amide bonds. The molecule has 5 nitrogen and oxygen atoms in total. The second-order valence-electron chi connectivity index (χ2n) is 8.92. The molecule has 2 heterocycles. The van der Waals surface area contributed by atoms with E-state index < -0.39 is 23.7 Å². The van der Waals surface area contributed by atoms with E-state index in [-0.39, 0.29) is 17.5 Å². The van der Waals surface area contributed by atoms with E-state index in [1.165, 1.54) is 12.1 Å². The first kappa shape index (κ1) is 23.6. The zero-order valence-corrected chi connectivity index (χ0v) is 18.4. The van der Waals surface area contributed by atoms with Crippen molar-refractivity contribution in [3.8, 4) is 0 Å². The quantitative estimate of drug-likeness (QED) is 0.731. The maximum absolute atomic E-state index is 13.1. The van der Waals surface area contributed by atoms with Crippen molar-refractivity contribution in [1.82, 2.24) is 15.1 Å². The topological polar surface area (TPSA) is 52.6 Å². The molecule has 0 radical (unpaired) electrons. The van der Waals surface area contributed by atoms with Crippen LogP contribution in [0.1, 0.15) is 62.4 Å². The summed E-state index contributed by atoms with van der Waals surface area (Å²) in [7, 11) is 0. The largest absolute Gasteiger partial charge is 0.416 e. The number of halogens is 3. The van der Waals surface area contributed by atoms with Crippen molar-refractivity contribution >= 4 is 11.8 Å². The summed E-state index contributed by atoms with van der Waals surface area (Å²) in [5, 5.41) is 2.66. The Balaban J connectivity index is 1.66. The predicted octanol–water partition coefficient (Wildman–Crippen LogP) is 3.94. The van der Waals surface area contributed by atoms with Crippen molar-refractivity contribution in [2.24, 2.45) is 5.92 Å². The Bertz CT molecular complexity index is 797. The van der Waals surface area contributed by atoms with Crippen molar-refractivity contribution in [3.63, 3.8) is 0 Å². The molecule has 0 aromatic heterocycles. The second kappa shape index (κ2) is 9.59. The first-order chi connectivity index (χ1) is 14.6. The molecule has 8 heteroatoms. The smallest absolute Gasteiger partial charge is 0.340 e. The van der Waals surface area contributed by atoms with E-state index in [0.717, 1.165) is 44.5 Å². The number of amides is 2. The van der Waals surface area contributed by atoms with Crippen LogP contribution >= 0.6 is 0 Å². The van der Waals surface area contributed by atoms with Gasteiger partial charge in [-0.2, -0.15) is 13.2 Å². The number of piperidine rings is 1. The molecular formula is C23H32F3N3O2. The molecule has 0 bridgehead atoms. The summed E-state index contributed by atoms with van der Waals surface area (Å²) in [4.78, 5) is 30.0. The van der Waals surface area contributed by atoms with Crippen LogP contribution in [-0.2, 0) is 11.0 Å². The fourth-order valence-corrected chi connectivity index (χ4v) is 4.83. The number of likely N-dealkylation sites (tertiary alicyclic amines) is 2. The zero-order valence-electron chi connectivity index (χ0n) is 18.4. The molecule has 2 aliphatic heterocycles. The Kier molecular flexibility index (Phi) is 7.29. The lowest BCUT2D eigenvalue weighted by Gasteiger charge is -2.44. The Morgan fingerprint density at radius 3 is 2.61 bits per heavy atom. The Labute approximate surface area is 182 Å². The van der Waals surface area contributed by atoms with E-state index in [9.17, 15) is 22.8 Å². The summed E-state index contributed by atoms with van der Waals surface area (Å²) in [6, 6.07) is 4.22. The minimum atomic E-state index is -4.52. The number of benzene rings is 1. The summed E-state index contributed by atoms with van der Waals surface area (Å²) < 4.78 is 38.8. The number of rotatable bonds is 6. The lowest BCUT2D eigenvalue weighted by molar-refractivity contribution is -0.137. The molecule has 2 aliphatic rings. The van der Waals surface area contributed by atoms with Gasteiger partial charge in [0.25, 0.3) is 5.91 Å². The summed E-state index contributed by atoms with van der Waals surface area (Å²) in [5.74, 6) is -0.376. The van der Waals surface area contributed by atoms with E-state index in [0.29, 0.717) is 24.9 Å². The van der Waals surface area contributed by atoms with E-state index in [1.54, 1.807) is 0 Å². The number of carbonyl (C=O) groups excluding carboxylic acids is 2. The van der Waals surface area contributed by atoms with Crippen molar-refractivity contribution < 1.29 is 22.8 Å². The maximum Gasteiger partial charge on any atom is 0.416 e. The first-order valence-electron chi connectivity index (χ1n) is 11.1. The van der Waals surface area contributed by atoms with E-state index in [2.05, 4.69) is 31.0 Å². The van der Waals surface area contributed by atoms with Crippen LogP contribution in [0.5, 0.6) is 0 Å². The lowest BCUT2D eigenvalue weighted by atomic mass is 9.86. The number of hydrogen-bond donors (Lipinski definition) is 1. The molecule has 1 unspecified atom stereocenters. The molecule has 0 aliphatic carbocycles. The fraction of sp³-hybridized carbons (Fsp3) is 0.652. The van der Waals surface area contributed by atoms with Gasteiger partial charge in [0.05, 0.1) is 5.56 Å². The summed E-state index contributed by atoms with van der Waals surface area (Å²) in [5.41, 5.74) is -0.964. The molecule has 31 heavy (non-hydrogen) atoms. The van der Waals surface area contributed by atoms with Gasteiger partial charge in [-0.25, -0.2) is 0 Å². The van der Waals surface area contributed by atoms with Gasteiger partial charge in [-0.1, -0.05) is 19.4 Å². The molecule has 3 rings (SSSR count). The number of alkyl halides is 3. The molecule has 172 valence electrons. The van der Waals surface area contributed by atoms with Crippen LogP contribution in [0, 0.1) is 5.92 Å². The first-order valence-corrected chi connectivity index (χ1v) is 11.1. The summed E-state index contributed by atoms with van der Waals surface area (Å²) in [6.45, 7) is 8.98. The van der Waals surface area contributed by atoms with Crippen LogP contribution in [0.3, 0.4) is 0 Å². The van der Waals surface area contributed by atoms with Crippen molar-refractivity contribution in [3.05, 3.63) is 35.4 Å². The van der Waals surface area contributed by atoms with Gasteiger partial charge in [-0.05, 0) is 57.2 Å². The highest BCUT2D eigenvalue weighted by Gasteiger charge is 2.42. The number of hydrogen-bond acceptors (Lipinski definition) is 3. The number of nitrogens with zero attached hydrogens (tertiary/aromatic N) is 2. The highest BCUT2D eigenvalue weighted by molar-refractivity contribution is 5.98. The molecule has 1 aromatic rings. The fourth-order valence-electron chi connectivity index (χ4n) is 4.83. The standard InChI is InChI=1S/C23H32F3N3O2/c1-4-6-17-14-28(15(2)3)11-10-20(17)29-12-9-19(22(29)31)27-21(30)16-7-5-8-18(13-16)23(24,25)26/h5,7-8,13,15,17,19-20H,4,6,9-12,14H2,1-3H3,(H,27,30)/t17-,19?,20+/m1/s1. The molecule has 1 N–H and O–H groups in total. The average Bonchev–Trinajstić information content (AvgIpc) is 3.07. The highest BCUT2D eigenvalue weighted by Crippen LogP contribution is 2.31. The van der Waals surface area contributed by atoms with Gasteiger partial charge in [0.15, 0.2) is 0 Å². The molecule has 0 spiro atoms. The molecular weight excluding hydrogens is 407 g/mol. The molecule has 3 atom stereocenters. The van der Waals surface area contributed by atoms with Crippen LogP contribution < -0.4 is 5.32 Å². The van der Waals surface area contributed by atoms with Gasteiger partial charge >= 0.3 is 6.18 Å². The van der Waals surface area contributed by atoms with Crippen molar-refractivity contribution in [1.29, 1.82) is 0 Å². The number of carbonyl (C=O) groups is 2. The Morgan fingerprint density at radius 1 is 1.23 bits per heavy atom. The maximum atomic E-state index is 13.1. The lowest BCUT2D eigenvalue weighted by Crippen LogP contribution is -2.54. The Morgan fingerprint density at radius 2 is 1.97 bits per heavy atom. The Hall–Kier alpha value is -2.09. The van der Waals surface area contributed by atoms with Crippen LogP contribution in [0.15, 0.2) is 24.3 Å². The average molecular weight is 440 g/mol. The zero-order chi connectivity index (χ0) is 22.8. The molecule has 2 fully saturated rings. The van der Waals surface area contributed by atoms with Gasteiger partial charge in [-0.3, -0.25) is 9.59 Å². The molecule has 1 aromatic carbocycles. The van der Waals surface area contributed by atoms with Crippen LogP contribution in [0.2, 0.25) is 0 Å². The van der Waals surface area contributed by atoms with E-state index in [4.69, 9.17) is 0 Å². The third-order valence-electron chi connectivity index (χ3n) is 6.51. The van der Waals surface area contributed by atoms with E-state index in [1.807, 2.05) is 4.90 Å². The summed E-state index contributed by atoms with van der Waals surface area (Å²) in [6.07, 6.45) is -1.05. The minimum Gasteiger partial charge on any atom is -0.340 e. The van der Waals surface area contributed by atoms with Crippen molar-refractivity contribution in [2.75, 3.05) is 19.6 Å². The normalized spacial score (nSPS) is 25.3. The van der Waals surface area contributed by atoms with Gasteiger partial charge in [-0.15, -0.1) is 0 Å². The highest BCUT2D eigenvalue weighted by atomic mass is 19.4. The van der Waals surface area contributed by atoms with Gasteiger partial charge in [0.2, 0.25) is 5.91 Å². The molecule has 2 saturated heterocycles. The third kappa shape index (κ3) is 5.40. The summed E-state index contributed by atoms with van der Waals surface area (Å²) >= 11 is 0. The number of nitrogens with one attached hydrogen (secondary N) is 1. The van der Waals surface area contributed by atoms with Crippen LogP contribution in [0.25, 0.3) is 0 Å². The van der Waals surface area contributed by atoms with Gasteiger partial charge in [0.1, 0.15) is 6.04 Å². The van der Waals surface area contributed by atoms with Crippen LogP contribution in [-0.4, -0.2) is 59.4 Å². The predicted molar refractivity (Wildman–Crippen MR) is 113 cm³/mol. The van der Waals surface area contributed by atoms with Crippen molar-refractivity contribution in [2.45, 2.75) is 70.8 Å². The SMILES string of the molecule is CCC[C@@H]1CN(C(C)C)CC[C@@H]1N1CCC(NC(=O)c2cccc(C(F)(F)F)c2)C1=O. The van der Waals surface area contributed by atoms with E-state index >= 15 is 0 Å². The van der Waals surface area contributed by atoms with Gasteiger partial charge in [0, 0.05) is 37.3 Å². The molecule has 0 saturated carbocycles. The third-order valence-corrected chi connectivity index (χ3v) is 6.51. The van der Waals surface area contributed by atoms with Gasteiger partial charge < -0.3 is 15.1 Å². The minimum absolute atomic E-state index is 0.0878. The second-order valence-corrected chi connectivity index (χ2v) is 8.92. The van der Waals surface area contributed by atoms with Crippen LogP contribution in [0.4, 0.5) is 13.2 Å². The monoisotopic (exact) mass is 439 g/mol.